The molecule has 1 fully saturated rings. The molecule has 1 aliphatic rings. The van der Waals surface area contributed by atoms with E-state index in [2.05, 4.69) is 297 Å². The maximum Gasteiger partial charge on any atom is 0.494 e. The SMILES string of the molecule is CC1(C)OB(c2ccc3c(ccc4c5ccccc5sc34)c2)OC1(C)C.Clc1nc(-c2ccc(-c3nccc4ccccc34)cc2)nc(-c2ccc3sc4ccccc4c3c2)n1.c1ccc2c(-c3ccc(-c4nc(-c5ccc6c(ccc7c8ccccc8sc67)c5)nc(-c5ccc6sc7ccccc7c6c5)n4)cc3)nccc2c1. The summed E-state index contributed by atoms with van der Waals surface area (Å²) in [5.74, 6) is 3.03. The Kier molecular flexibility index (Phi) is 17.1. The van der Waals surface area contributed by atoms with E-state index in [-0.39, 0.29) is 23.6 Å². The molecular weight excluding hydrogens is 1500 g/mol. The van der Waals surface area contributed by atoms with Crippen molar-refractivity contribution in [1.82, 2.24) is 39.9 Å². The van der Waals surface area contributed by atoms with Crippen LogP contribution in [0.3, 0.4) is 0 Å². The van der Waals surface area contributed by atoms with Crippen molar-refractivity contribution < 1.29 is 9.31 Å². The first-order valence-electron chi connectivity index (χ1n) is 37.8. The Labute approximate surface area is 676 Å². The molecule has 9 heterocycles. The van der Waals surface area contributed by atoms with Gasteiger partial charge in [-0.2, -0.15) is 9.97 Å². The molecule has 0 amide bonds. The molecule has 0 aliphatic carbocycles. The van der Waals surface area contributed by atoms with Gasteiger partial charge >= 0.3 is 7.12 Å². The number of halogens is 1. The molecule has 1 saturated heterocycles. The number of hydrogen-bond acceptors (Lipinski definition) is 14. The fourth-order valence-corrected chi connectivity index (χ4v) is 20.5. The van der Waals surface area contributed by atoms with Crippen molar-refractivity contribution in [1.29, 1.82) is 0 Å². The average molecular weight is 1560 g/mol. The van der Waals surface area contributed by atoms with Crippen molar-refractivity contribution in [3.63, 3.8) is 0 Å². The van der Waals surface area contributed by atoms with Crippen molar-refractivity contribution in [2.24, 2.45) is 0 Å². The maximum atomic E-state index is 6.36. The summed E-state index contributed by atoms with van der Waals surface area (Å²) in [4.78, 5) is 38.4. The van der Waals surface area contributed by atoms with E-state index in [4.69, 9.17) is 45.8 Å². The van der Waals surface area contributed by atoms with Crippen LogP contribution in [0.5, 0.6) is 0 Å². The predicted octanol–water partition coefficient (Wildman–Crippen LogP) is 26.9. The molecule has 8 aromatic heterocycles. The van der Waals surface area contributed by atoms with Crippen molar-refractivity contribution in [2.75, 3.05) is 0 Å². The molecule has 114 heavy (non-hydrogen) atoms. The van der Waals surface area contributed by atoms with E-state index in [0.29, 0.717) is 29.1 Å². The summed E-state index contributed by atoms with van der Waals surface area (Å²) < 4.78 is 22.7. The van der Waals surface area contributed by atoms with Crippen LogP contribution in [0, 0.1) is 0 Å². The van der Waals surface area contributed by atoms with Gasteiger partial charge in [0.15, 0.2) is 29.1 Å². The van der Waals surface area contributed by atoms with Crippen LogP contribution >= 0.6 is 56.9 Å². The van der Waals surface area contributed by atoms with Gasteiger partial charge in [0.1, 0.15) is 0 Å². The summed E-state index contributed by atoms with van der Waals surface area (Å²) in [6.45, 7) is 8.37. The topological polar surface area (TPSA) is 122 Å². The van der Waals surface area contributed by atoms with Crippen LogP contribution < -0.4 is 5.46 Å². The molecule has 0 spiro atoms. The highest BCUT2D eigenvalue weighted by Crippen LogP contribution is 2.45. The van der Waals surface area contributed by atoms with Crippen LogP contribution in [0.4, 0.5) is 0 Å². The van der Waals surface area contributed by atoms with Crippen molar-refractivity contribution >= 4 is 193 Å². The second kappa shape index (κ2) is 28.1. The molecule has 542 valence electrons. The Hall–Kier alpha value is -12.4. The number of nitrogens with zero attached hydrogens (tertiary/aromatic N) is 8. The lowest BCUT2D eigenvalue weighted by molar-refractivity contribution is 0.00578. The summed E-state index contributed by atoms with van der Waals surface area (Å²) in [6.07, 6.45) is 3.72. The first-order valence-corrected chi connectivity index (χ1v) is 41.4. The summed E-state index contributed by atoms with van der Waals surface area (Å²) >= 11 is 13.7. The molecule has 0 unspecified atom stereocenters. The van der Waals surface area contributed by atoms with E-state index in [1.807, 2.05) is 94.9 Å². The van der Waals surface area contributed by atoms with E-state index in [1.54, 1.807) is 11.3 Å². The van der Waals surface area contributed by atoms with Gasteiger partial charge in [-0.05, 0) is 156 Å². The van der Waals surface area contributed by atoms with E-state index in [0.717, 1.165) is 77.3 Å². The highest BCUT2D eigenvalue weighted by atomic mass is 35.5. The maximum absolute atomic E-state index is 6.36. The summed E-state index contributed by atoms with van der Waals surface area (Å²) in [6, 6.07) is 106. The third kappa shape index (κ3) is 12.5. The Bertz CT molecular complexity index is 7600. The van der Waals surface area contributed by atoms with Crippen LogP contribution in [0.2, 0.25) is 5.28 Å². The predicted molar refractivity (Wildman–Crippen MR) is 482 cm³/mol. The average Bonchev–Trinajstić information content (AvgIpc) is 1.60. The van der Waals surface area contributed by atoms with Crippen molar-refractivity contribution in [2.45, 2.75) is 38.9 Å². The van der Waals surface area contributed by atoms with E-state index in [1.165, 1.54) is 102 Å². The Morgan fingerprint density at radius 1 is 0.263 bits per heavy atom. The molecule has 0 radical (unpaired) electrons. The fraction of sp³-hybridized carbons (Fsp3) is 0.0612. The standard InChI is InChI=1S/C46H26N4S2.C30H17ClN4S.C22H21BO2S/c1-2-8-33-27(7-1)23-24-47-42(33)28-13-15-29(16-14-28)44-48-45(50-46(49-44)32-19-22-41-38(26-32)36-10-4-5-11-39(36)51-41)31-18-20-34-30(25-31)17-21-37-35-9-3-6-12-40(35)52-43(34)37;31-30-34-28(20-11-9-19(10-12-20)27-22-6-2-1-5-18(22)15-16-32-27)33-29(35-30)21-13-14-26-24(17-21)23-7-3-4-8-25(23)36-26;1-21(2)22(3,4)25-23(24-21)15-10-12-16-14(13-15)9-11-18-17-7-5-6-8-19(17)26-20(16)18/h1-26H;1-17H;5-13H,1-4H3. The first-order chi connectivity index (χ1) is 55.8. The Morgan fingerprint density at radius 2 is 0.596 bits per heavy atom. The van der Waals surface area contributed by atoms with Crippen LogP contribution in [-0.4, -0.2) is 58.2 Å². The lowest BCUT2D eigenvalue weighted by Gasteiger charge is -2.32. The molecule has 0 bridgehead atoms. The number of fused-ring (bicyclic) bond motifs is 18. The van der Waals surface area contributed by atoms with Gasteiger partial charge in [-0.3, -0.25) is 9.97 Å². The number of benzene rings is 14. The number of pyridine rings is 2. The Balaban J connectivity index is 0.000000114. The number of hydrogen-bond donors (Lipinski definition) is 0. The highest BCUT2D eigenvalue weighted by molar-refractivity contribution is 7.27. The molecule has 14 aromatic carbocycles. The third-order valence-electron chi connectivity index (χ3n) is 22.2. The lowest BCUT2D eigenvalue weighted by atomic mass is 9.78. The van der Waals surface area contributed by atoms with Gasteiger partial charge in [0, 0.05) is 143 Å². The molecule has 0 saturated carbocycles. The van der Waals surface area contributed by atoms with Gasteiger partial charge in [-0.25, -0.2) is 19.9 Å². The summed E-state index contributed by atoms with van der Waals surface area (Å²) in [7, 11) is -0.317. The molecular formula is C98H64BClN8O2S4. The van der Waals surface area contributed by atoms with Crippen LogP contribution in [0.25, 0.3) is 203 Å². The third-order valence-corrected chi connectivity index (χ3v) is 27.1. The van der Waals surface area contributed by atoms with Crippen LogP contribution in [-0.2, 0) is 9.31 Å². The minimum absolute atomic E-state index is 0.171. The largest absolute Gasteiger partial charge is 0.494 e. The van der Waals surface area contributed by atoms with Gasteiger partial charge in [0.2, 0.25) is 5.28 Å². The summed E-state index contributed by atoms with van der Waals surface area (Å²) in [5, 5.41) is 19.8. The van der Waals surface area contributed by atoms with Crippen molar-refractivity contribution in [3.8, 4) is 79.5 Å². The number of rotatable bonds is 8. The van der Waals surface area contributed by atoms with Crippen molar-refractivity contribution in [3.05, 3.63) is 321 Å². The van der Waals surface area contributed by atoms with Gasteiger partial charge in [-0.1, -0.05) is 224 Å². The highest BCUT2D eigenvalue weighted by Gasteiger charge is 2.51. The zero-order valence-corrected chi connectivity index (χ0v) is 66.0. The smallest absolute Gasteiger partial charge is 0.399 e. The van der Waals surface area contributed by atoms with E-state index >= 15 is 0 Å². The van der Waals surface area contributed by atoms with Crippen LogP contribution in [0.15, 0.2) is 316 Å². The number of thiophene rings is 4. The molecule has 16 heteroatoms. The number of aromatic nitrogens is 8. The normalized spacial score (nSPS) is 13.4. The van der Waals surface area contributed by atoms with Gasteiger partial charge in [0.25, 0.3) is 0 Å². The monoisotopic (exact) mass is 1560 g/mol. The minimum atomic E-state index is -0.317. The first kappa shape index (κ1) is 69.5. The lowest BCUT2D eigenvalue weighted by Crippen LogP contribution is -2.41. The molecule has 22 aromatic rings. The Morgan fingerprint density at radius 3 is 1.07 bits per heavy atom. The molecule has 10 nitrogen and oxygen atoms in total. The molecule has 0 atom stereocenters. The van der Waals surface area contributed by atoms with Gasteiger partial charge in [0.05, 0.1) is 22.6 Å². The second-order valence-corrected chi connectivity index (χ2v) is 34.3. The minimum Gasteiger partial charge on any atom is -0.399 e. The van der Waals surface area contributed by atoms with Crippen LogP contribution in [0.1, 0.15) is 27.7 Å². The zero-order valence-electron chi connectivity index (χ0n) is 62.0. The van der Waals surface area contributed by atoms with E-state index < -0.39 is 0 Å². The second-order valence-electron chi connectivity index (χ2n) is 29.7. The van der Waals surface area contributed by atoms with Gasteiger partial charge < -0.3 is 9.31 Å². The molecule has 0 N–H and O–H groups in total. The molecule has 23 rings (SSSR count). The fourth-order valence-electron chi connectivity index (χ4n) is 15.7. The van der Waals surface area contributed by atoms with Gasteiger partial charge in [-0.15, -0.1) is 45.3 Å². The summed E-state index contributed by atoms with van der Waals surface area (Å²) in [5.41, 5.74) is 9.05. The van der Waals surface area contributed by atoms with E-state index in [9.17, 15) is 0 Å². The quantitative estimate of drug-likeness (QED) is 0.136. The molecule has 1 aliphatic heterocycles. The zero-order chi connectivity index (χ0) is 76.3.